The highest BCUT2D eigenvalue weighted by molar-refractivity contribution is 7.84. The number of alkyl halides is 3. The van der Waals surface area contributed by atoms with E-state index < -0.39 is 57.0 Å². The van der Waals surface area contributed by atoms with Gasteiger partial charge >= 0.3 is 6.18 Å². The molecule has 46 heavy (non-hydrogen) atoms. The van der Waals surface area contributed by atoms with Crippen molar-refractivity contribution in [3.05, 3.63) is 64.7 Å². The van der Waals surface area contributed by atoms with Gasteiger partial charge in [-0.1, -0.05) is 0 Å². The van der Waals surface area contributed by atoms with E-state index in [2.05, 4.69) is 25.3 Å². The Labute approximate surface area is 263 Å². The summed E-state index contributed by atoms with van der Waals surface area (Å²) in [5.41, 5.74) is -5.51. The monoisotopic (exact) mass is 665 g/mol. The molecule has 2 aromatic heterocycles. The highest BCUT2D eigenvalue weighted by atomic mass is 32.2. The number of halogens is 4. The topological polar surface area (TPSA) is 152 Å². The van der Waals surface area contributed by atoms with Crippen LogP contribution in [-0.4, -0.2) is 62.3 Å². The van der Waals surface area contributed by atoms with Gasteiger partial charge in [0, 0.05) is 11.1 Å². The Kier molecular flexibility index (Phi) is 8.36. The van der Waals surface area contributed by atoms with Crippen LogP contribution in [0.15, 0.2) is 36.4 Å². The van der Waals surface area contributed by atoms with E-state index >= 15 is 0 Å². The van der Waals surface area contributed by atoms with Crippen molar-refractivity contribution in [2.45, 2.75) is 56.2 Å². The molecule has 2 aliphatic rings. The van der Waals surface area contributed by atoms with Crippen molar-refractivity contribution in [2.75, 3.05) is 25.6 Å². The number of hydrogen-bond donors (Lipinski definition) is 4. The molecule has 5 rings (SSSR count). The van der Waals surface area contributed by atoms with Crippen LogP contribution in [-0.2, 0) is 33.3 Å². The predicted molar refractivity (Wildman–Crippen MR) is 159 cm³/mol. The average Bonchev–Trinajstić information content (AvgIpc) is 3.52. The number of pyridine rings is 2. The zero-order valence-electron chi connectivity index (χ0n) is 25.4. The van der Waals surface area contributed by atoms with Crippen molar-refractivity contribution < 1.29 is 45.9 Å². The zero-order chi connectivity index (χ0) is 33.8. The molecule has 0 saturated carbocycles. The number of fused-ring (bicyclic) bond motifs is 2. The van der Waals surface area contributed by atoms with E-state index in [1.807, 2.05) is 0 Å². The summed E-state index contributed by atoms with van der Waals surface area (Å²) in [5.74, 6) is -2.12. The van der Waals surface area contributed by atoms with Crippen molar-refractivity contribution in [2.24, 2.45) is 0 Å². The average molecular weight is 666 g/mol. The summed E-state index contributed by atoms with van der Waals surface area (Å²) in [6.07, 6.45) is -5.47. The molecule has 4 heterocycles. The number of aliphatic hydroxyl groups is 1. The maximum absolute atomic E-state index is 14.8. The van der Waals surface area contributed by atoms with Crippen LogP contribution in [0.4, 0.5) is 23.2 Å². The Morgan fingerprint density at radius 2 is 1.85 bits per heavy atom. The molecule has 3 aromatic rings. The van der Waals surface area contributed by atoms with Gasteiger partial charge in [-0.25, -0.2) is 23.3 Å². The number of amides is 2. The quantitative estimate of drug-likeness (QED) is 0.267. The predicted octanol–water partition coefficient (Wildman–Crippen LogP) is 3.63. The maximum atomic E-state index is 14.8. The Balaban J connectivity index is 1.58. The third kappa shape index (κ3) is 6.03. The summed E-state index contributed by atoms with van der Waals surface area (Å²) < 4.78 is 84.5. The number of anilines is 1. The Morgan fingerprint density at radius 3 is 2.46 bits per heavy atom. The van der Waals surface area contributed by atoms with Crippen LogP contribution in [0.25, 0.3) is 11.3 Å². The lowest BCUT2D eigenvalue weighted by molar-refractivity contribution is -0.265. The van der Waals surface area contributed by atoms with Crippen molar-refractivity contribution in [3.8, 4) is 22.9 Å². The first kappa shape index (κ1) is 33.2. The fourth-order valence-corrected chi connectivity index (χ4v) is 5.83. The summed E-state index contributed by atoms with van der Waals surface area (Å²) >= 11 is 0. The van der Waals surface area contributed by atoms with Crippen molar-refractivity contribution in [1.82, 2.24) is 20.0 Å². The number of ether oxygens (including phenoxy) is 2. The van der Waals surface area contributed by atoms with Gasteiger partial charge in [-0.2, -0.15) is 13.2 Å². The van der Waals surface area contributed by atoms with Gasteiger partial charge in [0.25, 0.3) is 5.91 Å². The van der Waals surface area contributed by atoms with Crippen LogP contribution in [0.1, 0.15) is 55.0 Å². The molecule has 2 aliphatic heterocycles. The van der Waals surface area contributed by atoms with Crippen LogP contribution in [0.2, 0.25) is 0 Å². The summed E-state index contributed by atoms with van der Waals surface area (Å²) in [6, 6.07) is 7.00. The molecule has 246 valence electrons. The second-order valence-electron chi connectivity index (χ2n) is 12.2. The number of nitrogens with one attached hydrogen (secondary N) is 3. The van der Waals surface area contributed by atoms with Gasteiger partial charge < -0.3 is 25.2 Å². The summed E-state index contributed by atoms with van der Waals surface area (Å²) in [4.78, 5) is 33.1. The van der Waals surface area contributed by atoms with Crippen LogP contribution in [0.5, 0.6) is 11.6 Å². The second-order valence-corrected chi connectivity index (χ2v) is 14.1. The number of rotatable bonds is 8. The molecule has 2 amide bonds. The second kappa shape index (κ2) is 11.6. The Morgan fingerprint density at radius 1 is 1.17 bits per heavy atom. The number of carbonyl (C=O) groups excluding carboxylic acids is 2. The number of aromatic nitrogens is 2. The van der Waals surface area contributed by atoms with Gasteiger partial charge in [-0.15, -0.1) is 0 Å². The fraction of sp³-hybridized carbons (Fsp3) is 0.400. The lowest BCUT2D eigenvalue weighted by atomic mass is 9.89. The fourth-order valence-electron chi connectivity index (χ4n) is 4.94. The van der Waals surface area contributed by atoms with Crippen LogP contribution in [0.3, 0.4) is 0 Å². The van der Waals surface area contributed by atoms with Gasteiger partial charge in [-0.05, 0) is 69.7 Å². The molecule has 3 atom stereocenters. The first-order chi connectivity index (χ1) is 21.4. The molecule has 0 bridgehead atoms. The molecular weight excluding hydrogens is 634 g/mol. The minimum absolute atomic E-state index is 0.0578. The van der Waals surface area contributed by atoms with E-state index in [0.717, 1.165) is 18.2 Å². The minimum atomic E-state index is -5.38. The number of benzene rings is 1. The van der Waals surface area contributed by atoms with Crippen LogP contribution < -0.4 is 24.8 Å². The zero-order valence-corrected chi connectivity index (χ0v) is 26.2. The van der Waals surface area contributed by atoms with Crippen LogP contribution >= 0.6 is 0 Å². The highest BCUT2D eigenvalue weighted by Gasteiger charge is 2.57. The molecule has 11 nitrogen and oxygen atoms in total. The van der Waals surface area contributed by atoms with Gasteiger partial charge in [0.15, 0.2) is 5.75 Å². The summed E-state index contributed by atoms with van der Waals surface area (Å²) in [5, 5.41) is 16.0. The first-order valence-corrected chi connectivity index (χ1v) is 15.1. The Hall–Kier alpha value is -4.15. The van der Waals surface area contributed by atoms with E-state index in [0.29, 0.717) is 5.56 Å². The molecule has 0 spiro atoms. The number of hydrogen-bond acceptors (Lipinski definition) is 8. The molecule has 16 heteroatoms. The third-order valence-electron chi connectivity index (χ3n) is 7.57. The van der Waals surface area contributed by atoms with Gasteiger partial charge in [-0.3, -0.25) is 9.59 Å². The molecular formula is C30H31F4N5O6S. The van der Waals surface area contributed by atoms with Crippen LogP contribution in [0, 0.1) is 5.82 Å². The lowest BCUT2D eigenvalue weighted by Crippen LogP contribution is -2.52. The number of methoxy groups -OCH3 is 1. The molecule has 1 unspecified atom stereocenters. The van der Waals surface area contributed by atoms with Gasteiger partial charge in [0.05, 0.1) is 47.0 Å². The van der Waals surface area contributed by atoms with E-state index in [-0.39, 0.29) is 58.8 Å². The van der Waals surface area contributed by atoms with Crippen molar-refractivity contribution >= 4 is 28.5 Å². The van der Waals surface area contributed by atoms with E-state index in [4.69, 9.17) is 9.47 Å². The SMILES string of the molecule is COc1nc(C(=O)NC[C@@](O)(c2cc3c(c(-c4ccc(F)cc4)n2)OC[C@@]3(C)NS(=O)C(C)(C)C)C(F)(F)F)cc2c1NC(=O)C2. The number of carbonyl (C=O) groups is 2. The third-order valence-corrected chi connectivity index (χ3v) is 9.32. The van der Waals surface area contributed by atoms with Crippen molar-refractivity contribution in [1.29, 1.82) is 0 Å². The highest BCUT2D eigenvalue weighted by Crippen LogP contribution is 2.47. The largest absolute Gasteiger partial charge is 0.489 e. The first-order valence-electron chi connectivity index (χ1n) is 14.0. The van der Waals surface area contributed by atoms with Gasteiger partial charge in [0.2, 0.25) is 17.4 Å². The molecule has 4 N–H and O–H groups in total. The molecule has 0 saturated heterocycles. The normalized spacial score (nSPS) is 19.4. The minimum Gasteiger partial charge on any atom is -0.489 e. The standard InChI is InChI=1S/C30H31F4N5O6S/c1-27(2,3)46(43)39-28(4)14-45-24-18(28)12-20(37-22(24)15-6-8-17(31)9-7-15)29(42,30(32,33)34)13-35-25(41)19-10-16-11-21(40)38-23(16)26(36-19)44-5/h6-10,12,39,42H,11,13-14H2,1-5H3,(H,35,41)(H,38,40)/t28-,29-,46?/m1/s1. The van der Waals surface area contributed by atoms with Gasteiger partial charge in [0.1, 0.15) is 29.5 Å². The summed E-state index contributed by atoms with van der Waals surface area (Å²) in [6.45, 7) is 5.19. The van der Waals surface area contributed by atoms with E-state index in [9.17, 15) is 36.5 Å². The molecule has 0 fully saturated rings. The maximum Gasteiger partial charge on any atom is 0.424 e. The molecule has 0 aliphatic carbocycles. The molecule has 1 aromatic carbocycles. The van der Waals surface area contributed by atoms with E-state index in [1.165, 1.54) is 25.3 Å². The molecule has 0 radical (unpaired) electrons. The number of nitrogens with zero attached hydrogens (tertiary/aromatic N) is 2. The lowest BCUT2D eigenvalue weighted by Gasteiger charge is -2.32. The smallest absolute Gasteiger partial charge is 0.424 e. The summed E-state index contributed by atoms with van der Waals surface area (Å²) in [7, 11) is -0.445. The van der Waals surface area contributed by atoms with Crippen molar-refractivity contribution in [3.63, 3.8) is 0 Å². The Bertz CT molecular complexity index is 1750. The van der Waals surface area contributed by atoms with E-state index in [1.54, 1.807) is 27.7 Å².